The van der Waals surface area contributed by atoms with Gasteiger partial charge in [-0.25, -0.2) is 0 Å². The van der Waals surface area contributed by atoms with Crippen LogP contribution in [0.1, 0.15) is 15.9 Å². The molecule has 5 heteroatoms. The summed E-state index contributed by atoms with van der Waals surface area (Å²) in [5, 5.41) is 3.23. The number of carbonyl (C=O) groups excluding carboxylic acids is 2. The molecule has 0 spiro atoms. The fraction of sp³-hybridized carbons (Fsp3) is 0. The number of anilines is 1. The predicted octanol–water partition coefficient (Wildman–Crippen LogP) is 3.79. The predicted molar refractivity (Wildman–Crippen MR) is 76.0 cm³/mol. The molecule has 96 valence electrons. The molecule has 0 aliphatic heterocycles. The lowest BCUT2D eigenvalue weighted by atomic mass is 10.0. The lowest BCUT2D eigenvalue weighted by molar-refractivity contribution is -0.105. The molecule has 1 N–H and O–H groups in total. The summed E-state index contributed by atoms with van der Waals surface area (Å²) in [7, 11) is 0. The number of amides is 1. The number of hydrogen-bond donors (Lipinski definition) is 1. The minimum absolute atomic E-state index is 0.294. The summed E-state index contributed by atoms with van der Waals surface area (Å²) in [6.45, 7) is 0. The molecule has 2 aromatic carbocycles. The van der Waals surface area contributed by atoms with Crippen LogP contribution in [0, 0.1) is 0 Å². The highest BCUT2D eigenvalue weighted by Crippen LogP contribution is 2.26. The van der Waals surface area contributed by atoms with Gasteiger partial charge < -0.3 is 5.32 Å². The fourth-order valence-electron chi connectivity index (χ4n) is 1.68. The van der Waals surface area contributed by atoms with Gasteiger partial charge in [0, 0.05) is 16.1 Å². The Bertz CT molecular complexity index is 641. The van der Waals surface area contributed by atoms with Crippen LogP contribution in [0.25, 0.3) is 0 Å². The van der Waals surface area contributed by atoms with Gasteiger partial charge in [0.05, 0.1) is 10.7 Å². The Morgan fingerprint density at radius 3 is 2.47 bits per heavy atom. The maximum absolute atomic E-state index is 12.4. The summed E-state index contributed by atoms with van der Waals surface area (Å²) < 4.78 is 0. The van der Waals surface area contributed by atoms with Crippen LogP contribution in [-0.4, -0.2) is 12.2 Å². The Morgan fingerprint density at radius 2 is 1.79 bits per heavy atom. The molecule has 2 aromatic rings. The zero-order chi connectivity index (χ0) is 13.8. The molecule has 0 fully saturated rings. The standard InChI is InChI=1S/C14H9Cl2NO2/c15-9-5-6-13(17-8-18)11(7-9)14(19)10-3-1-2-4-12(10)16/h1-8H,(H,17,18). The number of ketones is 1. The average Bonchev–Trinajstić information content (AvgIpc) is 2.41. The van der Waals surface area contributed by atoms with E-state index >= 15 is 0 Å². The molecule has 19 heavy (non-hydrogen) atoms. The Labute approximate surface area is 120 Å². The second kappa shape index (κ2) is 5.87. The summed E-state index contributed by atoms with van der Waals surface area (Å²) in [4.78, 5) is 23.0. The van der Waals surface area contributed by atoms with Gasteiger partial charge in [-0.15, -0.1) is 0 Å². The van der Waals surface area contributed by atoms with Crippen molar-refractivity contribution in [1.82, 2.24) is 0 Å². The zero-order valence-corrected chi connectivity index (χ0v) is 11.2. The molecule has 0 aliphatic carbocycles. The van der Waals surface area contributed by atoms with Crippen molar-refractivity contribution in [3.8, 4) is 0 Å². The lowest BCUT2D eigenvalue weighted by Crippen LogP contribution is -2.07. The molecule has 0 aliphatic rings. The van der Waals surface area contributed by atoms with Gasteiger partial charge in [-0.05, 0) is 30.3 Å². The third-order valence-corrected chi connectivity index (χ3v) is 3.12. The van der Waals surface area contributed by atoms with Gasteiger partial charge in [0.1, 0.15) is 0 Å². The topological polar surface area (TPSA) is 46.2 Å². The van der Waals surface area contributed by atoms with E-state index in [0.29, 0.717) is 33.3 Å². The molecule has 0 saturated heterocycles. The molecule has 0 aromatic heterocycles. The van der Waals surface area contributed by atoms with E-state index in [1.54, 1.807) is 36.4 Å². The van der Waals surface area contributed by atoms with Crippen LogP contribution in [-0.2, 0) is 4.79 Å². The molecular formula is C14H9Cl2NO2. The van der Waals surface area contributed by atoms with Crippen molar-refractivity contribution in [2.24, 2.45) is 0 Å². The molecule has 0 unspecified atom stereocenters. The normalized spacial score (nSPS) is 10.0. The van der Waals surface area contributed by atoms with Crippen LogP contribution in [0.5, 0.6) is 0 Å². The number of halogens is 2. The largest absolute Gasteiger partial charge is 0.328 e. The van der Waals surface area contributed by atoms with Gasteiger partial charge in [0.25, 0.3) is 0 Å². The van der Waals surface area contributed by atoms with E-state index < -0.39 is 0 Å². The highest BCUT2D eigenvalue weighted by atomic mass is 35.5. The van der Waals surface area contributed by atoms with E-state index in [2.05, 4.69) is 5.32 Å². The van der Waals surface area contributed by atoms with E-state index in [1.165, 1.54) is 6.07 Å². The van der Waals surface area contributed by atoms with E-state index in [4.69, 9.17) is 23.2 Å². The highest BCUT2D eigenvalue weighted by molar-refractivity contribution is 6.35. The second-order valence-corrected chi connectivity index (χ2v) is 4.60. The summed E-state index contributed by atoms with van der Waals surface area (Å²) in [5.41, 5.74) is 1.05. The quantitative estimate of drug-likeness (QED) is 0.688. The van der Waals surface area contributed by atoms with Crippen molar-refractivity contribution in [2.45, 2.75) is 0 Å². The molecular weight excluding hydrogens is 285 g/mol. The first-order chi connectivity index (χ1) is 9.13. The zero-order valence-electron chi connectivity index (χ0n) is 9.69. The first-order valence-corrected chi connectivity index (χ1v) is 6.18. The van der Waals surface area contributed by atoms with Crippen molar-refractivity contribution in [3.05, 3.63) is 63.6 Å². The van der Waals surface area contributed by atoms with Crippen molar-refractivity contribution in [1.29, 1.82) is 0 Å². The lowest BCUT2D eigenvalue weighted by Gasteiger charge is -2.09. The smallest absolute Gasteiger partial charge is 0.211 e. The summed E-state index contributed by atoms with van der Waals surface area (Å²) in [6, 6.07) is 11.4. The minimum Gasteiger partial charge on any atom is -0.328 e. The van der Waals surface area contributed by atoms with Crippen molar-refractivity contribution >= 4 is 41.1 Å². The van der Waals surface area contributed by atoms with Crippen LogP contribution in [0.4, 0.5) is 5.69 Å². The fourth-order valence-corrected chi connectivity index (χ4v) is 2.08. The van der Waals surface area contributed by atoms with Crippen molar-refractivity contribution < 1.29 is 9.59 Å². The van der Waals surface area contributed by atoms with Gasteiger partial charge >= 0.3 is 0 Å². The third kappa shape index (κ3) is 2.95. The van der Waals surface area contributed by atoms with Gasteiger partial charge in [-0.2, -0.15) is 0 Å². The SMILES string of the molecule is O=CNc1ccc(Cl)cc1C(=O)c1ccccc1Cl. The number of nitrogens with one attached hydrogen (secondary N) is 1. The summed E-state index contributed by atoms with van der Waals surface area (Å²) >= 11 is 11.9. The van der Waals surface area contributed by atoms with E-state index in [0.717, 1.165) is 0 Å². The molecule has 0 atom stereocenters. The molecule has 0 radical (unpaired) electrons. The molecule has 1 amide bonds. The van der Waals surface area contributed by atoms with E-state index in [1.807, 2.05) is 0 Å². The Hall–Kier alpha value is -1.84. The second-order valence-electron chi connectivity index (χ2n) is 3.76. The van der Waals surface area contributed by atoms with Gasteiger partial charge in [0.15, 0.2) is 5.78 Å². The summed E-state index contributed by atoms with van der Waals surface area (Å²) in [5.74, 6) is -0.294. The van der Waals surface area contributed by atoms with Gasteiger partial charge in [-0.3, -0.25) is 9.59 Å². The van der Waals surface area contributed by atoms with E-state index in [9.17, 15) is 9.59 Å². The Kier molecular flexibility index (Phi) is 4.20. The Balaban J connectivity index is 2.52. The van der Waals surface area contributed by atoms with Crippen LogP contribution < -0.4 is 5.32 Å². The number of rotatable bonds is 4. The molecule has 0 bridgehead atoms. The van der Waals surface area contributed by atoms with Crippen molar-refractivity contribution in [3.63, 3.8) is 0 Å². The van der Waals surface area contributed by atoms with Crippen molar-refractivity contribution in [2.75, 3.05) is 5.32 Å². The molecule has 0 saturated carbocycles. The minimum atomic E-state index is -0.294. The monoisotopic (exact) mass is 293 g/mol. The maximum atomic E-state index is 12.4. The maximum Gasteiger partial charge on any atom is 0.211 e. The van der Waals surface area contributed by atoms with Crippen LogP contribution >= 0.6 is 23.2 Å². The van der Waals surface area contributed by atoms with Crippen LogP contribution in [0.3, 0.4) is 0 Å². The highest BCUT2D eigenvalue weighted by Gasteiger charge is 2.16. The summed E-state index contributed by atoms with van der Waals surface area (Å²) in [6.07, 6.45) is 0.507. The number of hydrogen-bond acceptors (Lipinski definition) is 2. The first kappa shape index (κ1) is 13.6. The van der Waals surface area contributed by atoms with Gasteiger partial charge in [0.2, 0.25) is 6.41 Å². The van der Waals surface area contributed by atoms with Crippen LogP contribution in [0.15, 0.2) is 42.5 Å². The average molecular weight is 294 g/mol. The number of benzene rings is 2. The molecule has 2 rings (SSSR count). The van der Waals surface area contributed by atoms with Gasteiger partial charge in [-0.1, -0.05) is 35.3 Å². The first-order valence-electron chi connectivity index (χ1n) is 5.42. The van der Waals surface area contributed by atoms with E-state index in [-0.39, 0.29) is 5.78 Å². The Morgan fingerprint density at radius 1 is 1.05 bits per heavy atom. The molecule has 3 nitrogen and oxygen atoms in total. The number of carbonyl (C=O) groups is 2. The molecule has 0 heterocycles. The van der Waals surface area contributed by atoms with Crippen LogP contribution in [0.2, 0.25) is 10.0 Å². The third-order valence-electron chi connectivity index (χ3n) is 2.56.